The number of para-hydroxylation sites is 1. The molecule has 3 rings (SSSR count). The number of hydrogen-bond donors (Lipinski definition) is 1. The minimum Gasteiger partial charge on any atom is -0.341 e. The molecule has 2 aromatic rings. The van der Waals surface area contributed by atoms with Gasteiger partial charge >= 0.3 is 0 Å². The first-order valence-corrected chi connectivity index (χ1v) is 8.46. The van der Waals surface area contributed by atoms with Crippen molar-refractivity contribution in [3.63, 3.8) is 0 Å². The first-order chi connectivity index (χ1) is 11.5. The van der Waals surface area contributed by atoms with Gasteiger partial charge in [0, 0.05) is 36.6 Å². The Morgan fingerprint density at radius 3 is 2.42 bits per heavy atom. The molecule has 0 bridgehead atoms. The summed E-state index contributed by atoms with van der Waals surface area (Å²) < 4.78 is 0. The summed E-state index contributed by atoms with van der Waals surface area (Å²) in [6.45, 7) is 7.65. The number of hydrogen-bond acceptors (Lipinski definition) is 4. The highest BCUT2D eigenvalue weighted by atomic mass is 16.1. The van der Waals surface area contributed by atoms with Crippen LogP contribution in [-0.4, -0.2) is 29.0 Å². The van der Waals surface area contributed by atoms with E-state index >= 15 is 0 Å². The van der Waals surface area contributed by atoms with Crippen LogP contribution in [0.25, 0.3) is 0 Å². The van der Waals surface area contributed by atoms with Gasteiger partial charge in [0.15, 0.2) is 0 Å². The van der Waals surface area contributed by atoms with Gasteiger partial charge in [-0.25, -0.2) is 9.97 Å². The Bertz CT molecular complexity index is 716. The predicted octanol–water partition coefficient (Wildman–Crippen LogP) is 3.26. The molecule has 5 nitrogen and oxygen atoms in total. The second kappa shape index (κ2) is 6.99. The number of rotatable bonds is 3. The highest BCUT2D eigenvalue weighted by molar-refractivity contribution is 5.94. The topological polar surface area (TPSA) is 58.1 Å². The van der Waals surface area contributed by atoms with Gasteiger partial charge in [0.25, 0.3) is 0 Å². The molecule has 1 amide bonds. The van der Waals surface area contributed by atoms with Gasteiger partial charge in [-0.1, -0.05) is 18.2 Å². The largest absolute Gasteiger partial charge is 0.341 e. The lowest BCUT2D eigenvalue weighted by Crippen LogP contribution is -2.39. The Morgan fingerprint density at radius 1 is 1.12 bits per heavy atom. The van der Waals surface area contributed by atoms with E-state index in [0.29, 0.717) is 0 Å². The van der Waals surface area contributed by atoms with Crippen molar-refractivity contribution < 1.29 is 4.79 Å². The summed E-state index contributed by atoms with van der Waals surface area (Å²) in [6.07, 6.45) is 3.44. The number of benzene rings is 1. The summed E-state index contributed by atoms with van der Waals surface area (Å²) in [5, 5.41) is 3.12. The van der Waals surface area contributed by atoms with Crippen molar-refractivity contribution in [1.29, 1.82) is 0 Å². The normalized spacial score (nSPS) is 15.4. The molecule has 0 aliphatic carbocycles. The van der Waals surface area contributed by atoms with E-state index < -0.39 is 0 Å². The molecule has 0 spiro atoms. The van der Waals surface area contributed by atoms with E-state index in [0.717, 1.165) is 54.4 Å². The van der Waals surface area contributed by atoms with Crippen molar-refractivity contribution in [2.24, 2.45) is 5.92 Å². The van der Waals surface area contributed by atoms with Crippen LogP contribution in [0.15, 0.2) is 30.5 Å². The lowest BCUT2D eigenvalue weighted by Gasteiger charge is -2.31. The van der Waals surface area contributed by atoms with Gasteiger partial charge < -0.3 is 10.2 Å². The fourth-order valence-corrected chi connectivity index (χ4v) is 3.17. The summed E-state index contributed by atoms with van der Waals surface area (Å²) in [6, 6.07) is 7.97. The maximum absolute atomic E-state index is 12.6. The van der Waals surface area contributed by atoms with Gasteiger partial charge in [-0.2, -0.15) is 0 Å². The van der Waals surface area contributed by atoms with E-state index in [4.69, 9.17) is 0 Å². The Morgan fingerprint density at radius 2 is 1.79 bits per heavy atom. The van der Waals surface area contributed by atoms with E-state index in [-0.39, 0.29) is 11.8 Å². The highest BCUT2D eigenvalue weighted by Crippen LogP contribution is 2.24. The number of amides is 1. The van der Waals surface area contributed by atoms with Crippen molar-refractivity contribution in [3.05, 3.63) is 47.3 Å². The first-order valence-electron chi connectivity index (χ1n) is 8.46. The standard InChI is InChI=1S/C19H24N4O/c1-13-5-4-6-14(2)17(13)22-18(24)16-8-11-23(12-9-16)19-20-10-7-15(3)21-19/h4-7,10,16H,8-9,11-12H2,1-3H3,(H,22,24). The van der Waals surface area contributed by atoms with Crippen LogP contribution in [0, 0.1) is 26.7 Å². The Balaban J connectivity index is 1.61. The molecule has 126 valence electrons. The maximum Gasteiger partial charge on any atom is 0.227 e. The zero-order valence-corrected chi connectivity index (χ0v) is 14.5. The van der Waals surface area contributed by atoms with E-state index in [1.54, 1.807) is 6.20 Å². The lowest BCUT2D eigenvalue weighted by molar-refractivity contribution is -0.120. The summed E-state index contributed by atoms with van der Waals surface area (Å²) in [5.41, 5.74) is 4.13. The number of aromatic nitrogens is 2. The molecule has 0 radical (unpaired) electrons. The van der Waals surface area contributed by atoms with Crippen LogP contribution in [0.5, 0.6) is 0 Å². The average molecular weight is 324 g/mol. The molecule has 0 atom stereocenters. The third kappa shape index (κ3) is 3.55. The number of carbonyl (C=O) groups excluding carboxylic acids is 1. The van der Waals surface area contributed by atoms with E-state index in [2.05, 4.69) is 20.2 Å². The molecule has 1 aliphatic rings. The fraction of sp³-hybridized carbons (Fsp3) is 0.421. The van der Waals surface area contributed by atoms with Gasteiger partial charge in [-0.3, -0.25) is 4.79 Å². The zero-order chi connectivity index (χ0) is 17.1. The monoisotopic (exact) mass is 324 g/mol. The molecule has 0 saturated carbocycles. The van der Waals surface area contributed by atoms with Gasteiger partial charge in [0.2, 0.25) is 11.9 Å². The summed E-state index contributed by atoms with van der Waals surface area (Å²) in [7, 11) is 0. The third-order valence-corrected chi connectivity index (χ3v) is 4.66. The summed E-state index contributed by atoms with van der Waals surface area (Å²) in [4.78, 5) is 23.6. The van der Waals surface area contributed by atoms with E-state index in [9.17, 15) is 4.79 Å². The zero-order valence-electron chi connectivity index (χ0n) is 14.5. The van der Waals surface area contributed by atoms with Crippen molar-refractivity contribution in [2.45, 2.75) is 33.6 Å². The van der Waals surface area contributed by atoms with Crippen molar-refractivity contribution >= 4 is 17.5 Å². The number of aryl methyl sites for hydroxylation is 3. The van der Waals surface area contributed by atoms with Crippen LogP contribution in [0.1, 0.15) is 29.7 Å². The Kier molecular flexibility index (Phi) is 4.79. The number of carbonyl (C=O) groups is 1. The van der Waals surface area contributed by atoms with E-state index in [1.807, 2.05) is 45.0 Å². The Labute approximate surface area is 143 Å². The molecule has 5 heteroatoms. The second-order valence-corrected chi connectivity index (χ2v) is 6.52. The molecule has 1 N–H and O–H groups in total. The van der Waals surface area contributed by atoms with Crippen LogP contribution in [0.3, 0.4) is 0 Å². The molecule has 1 aliphatic heterocycles. The quantitative estimate of drug-likeness (QED) is 0.941. The molecule has 24 heavy (non-hydrogen) atoms. The Hall–Kier alpha value is -2.43. The SMILES string of the molecule is Cc1ccnc(N2CCC(C(=O)Nc3c(C)cccc3C)CC2)n1. The van der Waals surface area contributed by atoms with Gasteiger partial charge in [-0.05, 0) is 50.8 Å². The molecule has 1 aromatic carbocycles. The molecule has 1 saturated heterocycles. The smallest absolute Gasteiger partial charge is 0.227 e. The lowest BCUT2D eigenvalue weighted by atomic mass is 9.95. The minimum atomic E-state index is 0.0464. The predicted molar refractivity (Wildman–Crippen MR) is 96.3 cm³/mol. The molecule has 0 unspecified atom stereocenters. The number of nitrogens with one attached hydrogen (secondary N) is 1. The van der Waals surface area contributed by atoms with Gasteiger partial charge in [0.05, 0.1) is 0 Å². The maximum atomic E-state index is 12.6. The summed E-state index contributed by atoms with van der Waals surface area (Å²) in [5.74, 6) is 0.936. The van der Waals surface area contributed by atoms with Gasteiger partial charge in [-0.15, -0.1) is 0 Å². The minimum absolute atomic E-state index is 0.0464. The van der Waals surface area contributed by atoms with Crippen LogP contribution in [0.2, 0.25) is 0 Å². The van der Waals surface area contributed by atoms with Gasteiger partial charge in [0.1, 0.15) is 0 Å². The van der Waals surface area contributed by atoms with Crippen molar-refractivity contribution in [1.82, 2.24) is 9.97 Å². The first kappa shape index (κ1) is 16.4. The van der Waals surface area contributed by atoms with Crippen LogP contribution < -0.4 is 10.2 Å². The van der Waals surface area contributed by atoms with Crippen LogP contribution in [-0.2, 0) is 4.79 Å². The second-order valence-electron chi connectivity index (χ2n) is 6.52. The van der Waals surface area contributed by atoms with Crippen molar-refractivity contribution in [2.75, 3.05) is 23.3 Å². The number of nitrogens with zero attached hydrogens (tertiary/aromatic N) is 3. The van der Waals surface area contributed by atoms with Crippen LogP contribution in [0.4, 0.5) is 11.6 Å². The fourth-order valence-electron chi connectivity index (χ4n) is 3.17. The highest BCUT2D eigenvalue weighted by Gasteiger charge is 2.26. The molecular weight excluding hydrogens is 300 g/mol. The summed E-state index contributed by atoms with van der Waals surface area (Å²) >= 11 is 0. The van der Waals surface area contributed by atoms with E-state index in [1.165, 1.54) is 0 Å². The number of piperidine rings is 1. The third-order valence-electron chi connectivity index (χ3n) is 4.66. The molecule has 1 fully saturated rings. The number of anilines is 2. The average Bonchev–Trinajstić information content (AvgIpc) is 2.58. The molecule has 1 aromatic heterocycles. The molecule has 2 heterocycles. The van der Waals surface area contributed by atoms with Crippen LogP contribution >= 0.6 is 0 Å². The van der Waals surface area contributed by atoms with Crippen molar-refractivity contribution in [3.8, 4) is 0 Å². The molecular formula is C19H24N4O.